The third-order valence-electron chi connectivity index (χ3n) is 5.55. The minimum absolute atomic E-state index is 0.480. The van der Waals surface area contributed by atoms with Crippen molar-refractivity contribution in [2.75, 3.05) is 51.4 Å². The standard InChI is InChI=1S/C19H28N4O3S/c1-13-14(2)27-18-16(13)17(20-12-19(24)3-7-25-8-4-19)21-15(22-18)11-23-5-9-26-10-6-23/h24H,3-12H2,1-2H3,(H,20,21,22). The molecule has 2 aliphatic rings. The highest BCUT2D eigenvalue weighted by Gasteiger charge is 2.30. The molecule has 0 radical (unpaired) electrons. The van der Waals surface area contributed by atoms with E-state index in [0.717, 1.165) is 54.7 Å². The van der Waals surface area contributed by atoms with E-state index < -0.39 is 5.60 Å². The summed E-state index contributed by atoms with van der Waals surface area (Å²) in [5.41, 5.74) is 0.480. The number of fused-ring (bicyclic) bond motifs is 1. The number of thiophene rings is 1. The van der Waals surface area contributed by atoms with Gasteiger partial charge >= 0.3 is 0 Å². The van der Waals surface area contributed by atoms with Gasteiger partial charge in [-0.3, -0.25) is 4.90 Å². The molecule has 8 heteroatoms. The summed E-state index contributed by atoms with van der Waals surface area (Å²) in [6, 6.07) is 0. The van der Waals surface area contributed by atoms with Crippen molar-refractivity contribution in [3.8, 4) is 0 Å². The molecule has 0 bridgehead atoms. The second kappa shape index (κ2) is 7.97. The molecule has 0 atom stereocenters. The zero-order valence-electron chi connectivity index (χ0n) is 16.1. The van der Waals surface area contributed by atoms with Crippen LogP contribution in [-0.4, -0.2) is 71.6 Å². The van der Waals surface area contributed by atoms with Gasteiger partial charge < -0.3 is 19.9 Å². The SMILES string of the molecule is Cc1sc2nc(CN3CCOCC3)nc(NCC3(O)CCOCC3)c2c1C. The Morgan fingerprint density at radius 3 is 2.56 bits per heavy atom. The fourth-order valence-corrected chi connectivity index (χ4v) is 4.68. The van der Waals surface area contributed by atoms with Gasteiger partial charge in [-0.25, -0.2) is 9.97 Å². The van der Waals surface area contributed by atoms with E-state index in [2.05, 4.69) is 24.1 Å². The maximum Gasteiger partial charge on any atom is 0.146 e. The van der Waals surface area contributed by atoms with E-state index in [9.17, 15) is 5.11 Å². The number of aliphatic hydroxyl groups is 1. The van der Waals surface area contributed by atoms with E-state index in [0.29, 0.717) is 32.6 Å². The summed E-state index contributed by atoms with van der Waals surface area (Å²) in [5, 5.41) is 15.3. The molecule has 2 N–H and O–H groups in total. The topological polar surface area (TPSA) is 79.7 Å². The highest BCUT2D eigenvalue weighted by molar-refractivity contribution is 7.18. The van der Waals surface area contributed by atoms with Crippen LogP contribution in [0.1, 0.15) is 29.1 Å². The number of rotatable bonds is 5. The first-order chi connectivity index (χ1) is 13.0. The Morgan fingerprint density at radius 1 is 1.11 bits per heavy atom. The summed E-state index contributed by atoms with van der Waals surface area (Å²) in [7, 11) is 0. The lowest BCUT2D eigenvalue weighted by Crippen LogP contribution is -2.42. The lowest BCUT2D eigenvalue weighted by Gasteiger charge is -2.32. The molecule has 2 aliphatic heterocycles. The number of aromatic nitrogens is 2. The Balaban J connectivity index is 1.60. The van der Waals surface area contributed by atoms with Crippen LogP contribution in [0.15, 0.2) is 0 Å². The summed E-state index contributed by atoms with van der Waals surface area (Å²) >= 11 is 1.71. The largest absolute Gasteiger partial charge is 0.388 e. The molecule has 0 saturated carbocycles. The van der Waals surface area contributed by atoms with E-state index in [1.54, 1.807) is 11.3 Å². The van der Waals surface area contributed by atoms with Crippen LogP contribution in [0.3, 0.4) is 0 Å². The summed E-state index contributed by atoms with van der Waals surface area (Å²) in [5.74, 6) is 1.66. The van der Waals surface area contributed by atoms with Crippen LogP contribution in [-0.2, 0) is 16.0 Å². The van der Waals surface area contributed by atoms with Crippen LogP contribution in [0.2, 0.25) is 0 Å². The molecule has 0 aliphatic carbocycles. The molecule has 2 aromatic heterocycles. The molecule has 4 heterocycles. The van der Waals surface area contributed by atoms with E-state index in [1.807, 2.05) is 0 Å². The van der Waals surface area contributed by atoms with E-state index >= 15 is 0 Å². The molecule has 2 fully saturated rings. The number of aryl methyl sites for hydroxylation is 2. The summed E-state index contributed by atoms with van der Waals surface area (Å²) in [6.07, 6.45) is 1.30. The minimum Gasteiger partial charge on any atom is -0.388 e. The van der Waals surface area contributed by atoms with Crippen molar-refractivity contribution in [2.45, 2.75) is 38.8 Å². The number of anilines is 1. The van der Waals surface area contributed by atoms with Crippen LogP contribution in [0.25, 0.3) is 10.2 Å². The van der Waals surface area contributed by atoms with E-state index in [-0.39, 0.29) is 0 Å². The van der Waals surface area contributed by atoms with Crippen LogP contribution in [0, 0.1) is 13.8 Å². The molecular weight excluding hydrogens is 364 g/mol. The predicted octanol–water partition coefficient (Wildman–Crippen LogP) is 2.09. The fraction of sp³-hybridized carbons (Fsp3) is 0.684. The first-order valence-electron chi connectivity index (χ1n) is 9.65. The van der Waals surface area contributed by atoms with Gasteiger partial charge in [0, 0.05) is 50.6 Å². The van der Waals surface area contributed by atoms with Crippen molar-refractivity contribution >= 4 is 27.4 Å². The van der Waals surface area contributed by atoms with Gasteiger partial charge in [0.25, 0.3) is 0 Å². The molecule has 4 rings (SSSR count). The predicted molar refractivity (Wildman–Crippen MR) is 106 cm³/mol. The van der Waals surface area contributed by atoms with Crippen LogP contribution < -0.4 is 5.32 Å². The molecule has 0 aromatic carbocycles. The van der Waals surface area contributed by atoms with Crippen molar-refractivity contribution < 1.29 is 14.6 Å². The average molecular weight is 393 g/mol. The summed E-state index contributed by atoms with van der Waals surface area (Å²) in [4.78, 5) is 14.3. The first-order valence-corrected chi connectivity index (χ1v) is 10.5. The van der Waals surface area contributed by atoms with Gasteiger partial charge in [0.1, 0.15) is 16.5 Å². The lowest BCUT2D eigenvalue weighted by atomic mass is 9.94. The minimum atomic E-state index is -0.737. The van der Waals surface area contributed by atoms with E-state index in [4.69, 9.17) is 19.4 Å². The Bertz CT molecular complexity index is 798. The summed E-state index contributed by atoms with van der Waals surface area (Å²) in [6.45, 7) is 10.0. The van der Waals surface area contributed by atoms with Gasteiger partial charge in [-0.15, -0.1) is 11.3 Å². The fourth-order valence-electron chi connectivity index (χ4n) is 3.63. The number of nitrogens with zero attached hydrogens (tertiary/aromatic N) is 3. The summed E-state index contributed by atoms with van der Waals surface area (Å²) < 4.78 is 10.8. The quantitative estimate of drug-likeness (QED) is 0.806. The second-order valence-corrected chi connectivity index (χ2v) is 8.73. The van der Waals surface area contributed by atoms with Gasteiger partial charge in [0.05, 0.1) is 30.7 Å². The molecule has 0 unspecified atom stereocenters. The van der Waals surface area contributed by atoms with Gasteiger partial charge in [0.15, 0.2) is 0 Å². The zero-order valence-corrected chi connectivity index (χ0v) is 16.9. The van der Waals surface area contributed by atoms with Crippen molar-refractivity contribution in [1.82, 2.24) is 14.9 Å². The molecule has 148 valence electrons. The Kier molecular flexibility index (Phi) is 5.61. The van der Waals surface area contributed by atoms with Crippen LogP contribution in [0.5, 0.6) is 0 Å². The highest BCUT2D eigenvalue weighted by Crippen LogP contribution is 2.34. The highest BCUT2D eigenvalue weighted by atomic mass is 32.1. The number of nitrogens with one attached hydrogen (secondary N) is 1. The molecule has 27 heavy (non-hydrogen) atoms. The van der Waals surface area contributed by atoms with Crippen LogP contribution >= 0.6 is 11.3 Å². The Morgan fingerprint density at radius 2 is 1.81 bits per heavy atom. The maximum atomic E-state index is 10.8. The third-order valence-corrected chi connectivity index (χ3v) is 6.65. The second-order valence-electron chi connectivity index (χ2n) is 7.53. The van der Waals surface area contributed by atoms with Crippen molar-refractivity contribution in [1.29, 1.82) is 0 Å². The Hall–Kier alpha value is -1.32. The molecule has 7 nitrogen and oxygen atoms in total. The number of ether oxygens (including phenoxy) is 2. The normalized spacial score (nSPS) is 20.9. The molecule has 0 spiro atoms. The zero-order chi connectivity index (χ0) is 18.9. The number of morpholine rings is 1. The van der Waals surface area contributed by atoms with Crippen molar-refractivity contribution in [3.05, 3.63) is 16.3 Å². The maximum absolute atomic E-state index is 10.8. The molecule has 2 saturated heterocycles. The monoisotopic (exact) mass is 392 g/mol. The van der Waals surface area contributed by atoms with Crippen LogP contribution in [0.4, 0.5) is 5.82 Å². The third kappa shape index (κ3) is 4.25. The van der Waals surface area contributed by atoms with Gasteiger partial charge in [-0.1, -0.05) is 0 Å². The smallest absolute Gasteiger partial charge is 0.146 e. The van der Waals surface area contributed by atoms with Crippen molar-refractivity contribution in [2.24, 2.45) is 0 Å². The number of hydrogen-bond donors (Lipinski definition) is 2. The molecule has 0 amide bonds. The number of hydrogen-bond acceptors (Lipinski definition) is 8. The van der Waals surface area contributed by atoms with Crippen molar-refractivity contribution in [3.63, 3.8) is 0 Å². The lowest BCUT2D eigenvalue weighted by molar-refractivity contribution is -0.0543. The average Bonchev–Trinajstić information content (AvgIpc) is 2.95. The van der Waals surface area contributed by atoms with Gasteiger partial charge in [0.2, 0.25) is 0 Å². The van der Waals surface area contributed by atoms with E-state index in [1.165, 1.54) is 10.4 Å². The molecule has 2 aromatic rings. The first kappa shape index (κ1) is 19.0. The Labute approximate surface area is 163 Å². The molecular formula is C19H28N4O3S. The van der Waals surface area contributed by atoms with Gasteiger partial charge in [-0.05, 0) is 19.4 Å². The van der Waals surface area contributed by atoms with Gasteiger partial charge in [-0.2, -0.15) is 0 Å².